The Morgan fingerprint density at radius 2 is 2.16 bits per heavy atom. The van der Waals surface area contributed by atoms with Gasteiger partial charge in [-0.3, -0.25) is 4.79 Å². The first-order valence-electron chi connectivity index (χ1n) is 5.99. The van der Waals surface area contributed by atoms with E-state index in [0.29, 0.717) is 23.8 Å². The minimum absolute atomic E-state index is 0.0525. The number of likely N-dealkylation sites (tertiary alicyclic amines) is 1. The number of hydrogen-bond donors (Lipinski definition) is 2. The average Bonchev–Trinajstić information content (AvgIpc) is 2.26. The van der Waals surface area contributed by atoms with Gasteiger partial charge in [0.05, 0.1) is 17.1 Å². The van der Waals surface area contributed by atoms with Crippen molar-refractivity contribution in [3.63, 3.8) is 0 Å². The first-order chi connectivity index (χ1) is 8.95. The lowest BCUT2D eigenvalue weighted by Gasteiger charge is -2.38. The van der Waals surface area contributed by atoms with Crippen molar-refractivity contribution in [3.8, 4) is 0 Å². The Hall–Kier alpha value is -1.75. The summed E-state index contributed by atoms with van der Waals surface area (Å²) in [5.74, 6) is -0.775. The molecule has 0 atom stereocenters. The molecule has 0 radical (unpaired) electrons. The molecule has 19 heavy (non-hydrogen) atoms. The summed E-state index contributed by atoms with van der Waals surface area (Å²) in [5.41, 5.74) is 1.59. The first-order valence-corrected chi connectivity index (χ1v) is 6.37. The lowest BCUT2D eigenvalue weighted by Crippen LogP contribution is -2.52. The molecule has 1 aromatic carbocycles. The number of aliphatic carboxylic acids is 1. The van der Waals surface area contributed by atoms with Gasteiger partial charge in [-0.2, -0.15) is 0 Å². The third-order valence-electron chi connectivity index (χ3n) is 3.07. The van der Waals surface area contributed by atoms with Gasteiger partial charge < -0.3 is 15.3 Å². The molecule has 2 rings (SSSR count). The monoisotopic (exact) mass is 282 g/mol. The van der Waals surface area contributed by atoms with Crippen LogP contribution in [-0.4, -0.2) is 35.1 Å². The minimum Gasteiger partial charge on any atom is -0.481 e. The minimum atomic E-state index is -0.827. The number of carbonyl (C=O) groups is 2. The van der Waals surface area contributed by atoms with Crippen molar-refractivity contribution >= 4 is 29.3 Å². The average molecular weight is 283 g/mol. The van der Waals surface area contributed by atoms with E-state index >= 15 is 0 Å². The molecular weight excluding hydrogens is 268 g/mol. The molecule has 1 fully saturated rings. The van der Waals surface area contributed by atoms with Gasteiger partial charge in [0.1, 0.15) is 0 Å². The largest absolute Gasteiger partial charge is 0.481 e. The molecule has 1 aromatic rings. The second kappa shape index (κ2) is 5.48. The second-order valence-electron chi connectivity index (χ2n) is 4.78. The zero-order chi connectivity index (χ0) is 14.0. The van der Waals surface area contributed by atoms with Crippen molar-refractivity contribution in [1.82, 2.24) is 4.90 Å². The van der Waals surface area contributed by atoms with Gasteiger partial charge in [-0.15, -0.1) is 0 Å². The fourth-order valence-corrected chi connectivity index (χ4v) is 2.31. The van der Waals surface area contributed by atoms with E-state index in [1.165, 1.54) is 0 Å². The van der Waals surface area contributed by atoms with Crippen molar-refractivity contribution < 1.29 is 14.7 Å². The van der Waals surface area contributed by atoms with E-state index in [9.17, 15) is 9.59 Å². The van der Waals surface area contributed by atoms with Crippen molar-refractivity contribution in [1.29, 1.82) is 0 Å². The summed E-state index contributed by atoms with van der Waals surface area (Å²) in [6.45, 7) is 2.87. The van der Waals surface area contributed by atoms with E-state index in [-0.39, 0.29) is 18.4 Å². The number of carboxylic acids is 1. The quantitative estimate of drug-likeness (QED) is 0.895. The molecule has 2 amide bonds. The summed E-state index contributed by atoms with van der Waals surface area (Å²) in [5, 5.41) is 11.9. The Balaban J connectivity index is 1.87. The topological polar surface area (TPSA) is 69.6 Å². The van der Waals surface area contributed by atoms with E-state index in [1.807, 2.05) is 13.0 Å². The summed E-state index contributed by atoms with van der Waals surface area (Å²) in [6, 6.07) is 5.16. The lowest BCUT2D eigenvalue weighted by molar-refractivity contribution is -0.139. The highest BCUT2D eigenvalue weighted by Gasteiger charge is 2.32. The van der Waals surface area contributed by atoms with Crippen LogP contribution in [0.3, 0.4) is 0 Å². The van der Waals surface area contributed by atoms with Crippen molar-refractivity contribution in [2.24, 2.45) is 5.92 Å². The number of halogens is 1. The fraction of sp³-hybridized carbons (Fsp3) is 0.385. The lowest BCUT2D eigenvalue weighted by atomic mass is 9.97. The number of carbonyl (C=O) groups excluding carboxylic acids is 1. The van der Waals surface area contributed by atoms with Gasteiger partial charge in [0.2, 0.25) is 0 Å². The molecule has 1 aliphatic heterocycles. The highest BCUT2D eigenvalue weighted by Crippen LogP contribution is 2.25. The number of aryl methyl sites for hydroxylation is 1. The Morgan fingerprint density at radius 1 is 1.47 bits per heavy atom. The van der Waals surface area contributed by atoms with E-state index in [4.69, 9.17) is 16.7 Å². The smallest absolute Gasteiger partial charge is 0.321 e. The summed E-state index contributed by atoms with van der Waals surface area (Å²) in [7, 11) is 0. The number of urea groups is 1. The SMILES string of the molecule is Cc1ccc(NC(=O)N2CC(CC(=O)O)C2)c(Cl)c1. The van der Waals surface area contributed by atoms with Crippen LogP contribution in [0.25, 0.3) is 0 Å². The van der Waals surface area contributed by atoms with Gasteiger partial charge >= 0.3 is 12.0 Å². The maximum absolute atomic E-state index is 11.9. The molecule has 1 aliphatic rings. The van der Waals surface area contributed by atoms with Gasteiger partial charge in [0.15, 0.2) is 0 Å². The number of nitrogens with one attached hydrogen (secondary N) is 1. The molecule has 2 N–H and O–H groups in total. The third-order valence-corrected chi connectivity index (χ3v) is 3.39. The van der Waals surface area contributed by atoms with Crippen molar-refractivity contribution in [2.75, 3.05) is 18.4 Å². The van der Waals surface area contributed by atoms with Crippen LogP contribution in [0.5, 0.6) is 0 Å². The van der Waals surface area contributed by atoms with Crippen molar-refractivity contribution in [2.45, 2.75) is 13.3 Å². The molecule has 1 saturated heterocycles. The van der Waals surface area contributed by atoms with Crippen LogP contribution in [-0.2, 0) is 4.79 Å². The fourth-order valence-electron chi connectivity index (χ4n) is 2.03. The van der Waals surface area contributed by atoms with Gasteiger partial charge in [0.25, 0.3) is 0 Å². The van der Waals surface area contributed by atoms with E-state index in [0.717, 1.165) is 5.56 Å². The number of hydrogen-bond acceptors (Lipinski definition) is 2. The molecule has 1 heterocycles. The molecule has 0 aliphatic carbocycles. The second-order valence-corrected chi connectivity index (χ2v) is 5.19. The third kappa shape index (κ3) is 3.38. The molecule has 6 heteroatoms. The van der Waals surface area contributed by atoms with Crippen molar-refractivity contribution in [3.05, 3.63) is 28.8 Å². The standard InChI is InChI=1S/C13H15ClN2O3/c1-8-2-3-11(10(14)4-8)15-13(19)16-6-9(7-16)5-12(17)18/h2-4,9H,5-7H2,1H3,(H,15,19)(H,17,18). The molecule has 0 unspecified atom stereocenters. The zero-order valence-electron chi connectivity index (χ0n) is 10.5. The van der Waals surface area contributed by atoms with Gasteiger partial charge in [-0.05, 0) is 24.6 Å². The highest BCUT2D eigenvalue weighted by molar-refractivity contribution is 6.33. The van der Waals surface area contributed by atoms with Gasteiger partial charge in [0, 0.05) is 19.0 Å². The number of rotatable bonds is 3. The first kappa shape index (κ1) is 13.7. The Morgan fingerprint density at radius 3 is 2.74 bits per heavy atom. The summed E-state index contributed by atoms with van der Waals surface area (Å²) >= 11 is 6.03. The molecule has 0 aromatic heterocycles. The van der Waals surface area contributed by atoms with Crippen LogP contribution >= 0.6 is 11.6 Å². The van der Waals surface area contributed by atoms with E-state index in [1.54, 1.807) is 17.0 Å². The Bertz CT molecular complexity index is 513. The maximum atomic E-state index is 11.9. The maximum Gasteiger partial charge on any atom is 0.321 e. The molecule has 0 bridgehead atoms. The van der Waals surface area contributed by atoms with Crippen LogP contribution < -0.4 is 5.32 Å². The predicted molar refractivity (Wildman–Crippen MR) is 72.5 cm³/mol. The highest BCUT2D eigenvalue weighted by atomic mass is 35.5. The summed E-state index contributed by atoms with van der Waals surface area (Å²) in [6.07, 6.45) is 0.106. The van der Waals surface area contributed by atoms with Crippen LogP contribution in [0.2, 0.25) is 5.02 Å². The zero-order valence-corrected chi connectivity index (χ0v) is 11.3. The normalized spacial score (nSPS) is 14.9. The predicted octanol–water partition coefficient (Wildman–Crippen LogP) is 2.59. The van der Waals surface area contributed by atoms with Crippen LogP contribution in [0.1, 0.15) is 12.0 Å². The Kier molecular flexibility index (Phi) is 3.95. The van der Waals surface area contributed by atoms with Crippen LogP contribution in [0.4, 0.5) is 10.5 Å². The summed E-state index contributed by atoms with van der Waals surface area (Å²) in [4.78, 5) is 24.0. The molecule has 102 valence electrons. The number of benzene rings is 1. The van der Waals surface area contributed by atoms with Gasteiger partial charge in [-0.25, -0.2) is 4.79 Å². The number of carboxylic acid groups (broad SMARTS) is 1. The van der Waals surface area contributed by atoms with Crippen LogP contribution in [0, 0.1) is 12.8 Å². The molecule has 5 nitrogen and oxygen atoms in total. The van der Waals surface area contributed by atoms with E-state index < -0.39 is 5.97 Å². The molecule has 0 spiro atoms. The Labute approximate surface area is 116 Å². The van der Waals surface area contributed by atoms with Gasteiger partial charge in [-0.1, -0.05) is 17.7 Å². The number of amides is 2. The van der Waals surface area contributed by atoms with E-state index in [2.05, 4.69) is 5.32 Å². The summed E-state index contributed by atoms with van der Waals surface area (Å²) < 4.78 is 0. The molecular formula is C13H15ClN2O3. The van der Waals surface area contributed by atoms with Crippen LogP contribution in [0.15, 0.2) is 18.2 Å². The molecule has 0 saturated carbocycles. The number of anilines is 1. The number of nitrogens with zero attached hydrogens (tertiary/aromatic N) is 1.